The van der Waals surface area contributed by atoms with Crippen LogP contribution in [0.15, 0.2) is 6.20 Å². The molecule has 0 saturated carbocycles. The first-order valence-corrected chi connectivity index (χ1v) is 5.93. The molecule has 5 nitrogen and oxygen atoms in total. The Labute approximate surface area is 97.2 Å². The van der Waals surface area contributed by atoms with Gasteiger partial charge in [0.2, 0.25) is 0 Å². The second-order valence-corrected chi connectivity index (χ2v) is 4.07. The first-order valence-electron chi connectivity index (χ1n) is 5.93. The molecule has 0 aliphatic rings. The minimum Gasteiger partial charge on any atom is -0.377 e. The second-order valence-electron chi connectivity index (χ2n) is 4.07. The zero-order chi connectivity index (χ0) is 11.8. The van der Waals surface area contributed by atoms with Gasteiger partial charge in [0, 0.05) is 12.7 Å². The van der Waals surface area contributed by atoms with Crippen LogP contribution >= 0.6 is 0 Å². The number of ether oxygens (including phenoxy) is 1. The Morgan fingerprint density at radius 3 is 3.00 bits per heavy atom. The van der Waals surface area contributed by atoms with Crippen LogP contribution in [-0.4, -0.2) is 34.2 Å². The SMILES string of the molecule is CCCNCc1cn(CCOC(C)C)nn1. The van der Waals surface area contributed by atoms with Crippen LogP contribution in [0.25, 0.3) is 0 Å². The Morgan fingerprint density at radius 2 is 2.31 bits per heavy atom. The molecule has 0 spiro atoms. The van der Waals surface area contributed by atoms with Crippen molar-refractivity contribution in [2.24, 2.45) is 0 Å². The van der Waals surface area contributed by atoms with Gasteiger partial charge in [-0.2, -0.15) is 0 Å². The second kappa shape index (κ2) is 7.35. The first kappa shape index (κ1) is 13.1. The lowest BCUT2D eigenvalue weighted by Gasteiger charge is -2.06. The highest BCUT2D eigenvalue weighted by atomic mass is 16.5. The van der Waals surface area contributed by atoms with Crippen LogP contribution in [0.5, 0.6) is 0 Å². The molecule has 0 aliphatic carbocycles. The van der Waals surface area contributed by atoms with E-state index in [1.54, 1.807) is 0 Å². The molecule has 92 valence electrons. The summed E-state index contributed by atoms with van der Waals surface area (Å²) < 4.78 is 7.27. The van der Waals surface area contributed by atoms with Gasteiger partial charge in [0.05, 0.1) is 24.9 Å². The highest BCUT2D eigenvalue weighted by Crippen LogP contribution is 1.94. The van der Waals surface area contributed by atoms with Gasteiger partial charge in [-0.1, -0.05) is 12.1 Å². The highest BCUT2D eigenvalue weighted by Gasteiger charge is 2.00. The molecule has 1 aromatic heterocycles. The number of rotatable bonds is 8. The molecular formula is C11H22N4O. The van der Waals surface area contributed by atoms with E-state index in [0.717, 1.165) is 31.7 Å². The van der Waals surface area contributed by atoms with Gasteiger partial charge in [0.25, 0.3) is 0 Å². The summed E-state index contributed by atoms with van der Waals surface area (Å²) in [5, 5.41) is 11.4. The molecular weight excluding hydrogens is 204 g/mol. The lowest BCUT2D eigenvalue weighted by Crippen LogP contribution is -2.14. The van der Waals surface area contributed by atoms with Crippen LogP contribution in [0.1, 0.15) is 32.9 Å². The smallest absolute Gasteiger partial charge is 0.0964 e. The lowest BCUT2D eigenvalue weighted by atomic mass is 10.4. The minimum atomic E-state index is 0.272. The van der Waals surface area contributed by atoms with Gasteiger partial charge in [-0.05, 0) is 26.8 Å². The summed E-state index contributed by atoms with van der Waals surface area (Å²) in [4.78, 5) is 0. The predicted octanol–water partition coefficient (Wildman–Crippen LogP) is 1.20. The number of nitrogens with zero attached hydrogens (tertiary/aromatic N) is 3. The quantitative estimate of drug-likeness (QED) is 0.677. The molecule has 1 aromatic rings. The van der Waals surface area contributed by atoms with Crippen molar-refractivity contribution in [1.82, 2.24) is 20.3 Å². The molecule has 1 rings (SSSR count). The normalized spacial score (nSPS) is 11.2. The van der Waals surface area contributed by atoms with Gasteiger partial charge >= 0.3 is 0 Å². The summed E-state index contributed by atoms with van der Waals surface area (Å²) in [6, 6.07) is 0. The summed E-state index contributed by atoms with van der Waals surface area (Å²) in [5.74, 6) is 0. The highest BCUT2D eigenvalue weighted by molar-refractivity contribution is 4.91. The number of nitrogens with one attached hydrogen (secondary N) is 1. The maximum atomic E-state index is 5.45. The van der Waals surface area contributed by atoms with Crippen molar-refractivity contribution in [3.05, 3.63) is 11.9 Å². The molecule has 0 saturated heterocycles. The van der Waals surface area contributed by atoms with Crippen LogP contribution in [0, 0.1) is 0 Å². The van der Waals surface area contributed by atoms with Gasteiger partial charge in [-0.25, -0.2) is 4.68 Å². The molecule has 0 amide bonds. The Balaban J connectivity index is 2.22. The number of aromatic nitrogens is 3. The molecule has 1 N–H and O–H groups in total. The van der Waals surface area contributed by atoms with Crippen molar-refractivity contribution in [2.45, 2.75) is 46.4 Å². The lowest BCUT2D eigenvalue weighted by molar-refractivity contribution is 0.0707. The minimum absolute atomic E-state index is 0.272. The van der Waals surface area contributed by atoms with Gasteiger partial charge in [-0.3, -0.25) is 0 Å². The topological polar surface area (TPSA) is 52.0 Å². The Bertz CT molecular complexity index is 285. The van der Waals surface area contributed by atoms with Crippen molar-refractivity contribution in [3.63, 3.8) is 0 Å². The van der Waals surface area contributed by atoms with E-state index in [1.165, 1.54) is 0 Å². The third kappa shape index (κ3) is 5.23. The van der Waals surface area contributed by atoms with Crippen molar-refractivity contribution in [3.8, 4) is 0 Å². The summed E-state index contributed by atoms with van der Waals surface area (Å²) in [7, 11) is 0. The van der Waals surface area contributed by atoms with E-state index in [1.807, 2.05) is 24.7 Å². The fraction of sp³-hybridized carbons (Fsp3) is 0.818. The van der Waals surface area contributed by atoms with E-state index < -0.39 is 0 Å². The molecule has 1 heterocycles. The maximum absolute atomic E-state index is 5.45. The van der Waals surface area contributed by atoms with E-state index in [2.05, 4.69) is 22.6 Å². The molecule has 0 aliphatic heterocycles. The van der Waals surface area contributed by atoms with E-state index in [0.29, 0.717) is 6.61 Å². The molecule has 0 aromatic carbocycles. The molecule has 0 radical (unpaired) electrons. The average molecular weight is 226 g/mol. The van der Waals surface area contributed by atoms with Crippen molar-refractivity contribution in [1.29, 1.82) is 0 Å². The summed E-state index contributed by atoms with van der Waals surface area (Å²) >= 11 is 0. The van der Waals surface area contributed by atoms with E-state index in [9.17, 15) is 0 Å². The summed E-state index contributed by atoms with van der Waals surface area (Å²) in [5.41, 5.74) is 0.984. The van der Waals surface area contributed by atoms with Gasteiger partial charge in [0.1, 0.15) is 0 Å². The summed E-state index contributed by atoms with van der Waals surface area (Å²) in [6.07, 6.45) is 3.37. The standard InChI is InChI=1S/C11H22N4O/c1-4-5-12-8-11-9-15(14-13-11)6-7-16-10(2)3/h9-10,12H,4-8H2,1-3H3. The van der Waals surface area contributed by atoms with Gasteiger partial charge in [0.15, 0.2) is 0 Å². The summed E-state index contributed by atoms with van der Waals surface area (Å²) in [6.45, 7) is 9.46. The molecule has 0 unspecified atom stereocenters. The van der Waals surface area contributed by atoms with Crippen LogP contribution in [0.3, 0.4) is 0 Å². The molecule has 5 heteroatoms. The van der Waals surface area contributed by atoms with E-state index in [-0.39, 0.29) is 6.10 Å². The molecule has 0 bridgehead atoms. The van der Waals surface area contributed by atoms with Crippen molar-refractivity contribution >= 4 is 0 Å². The maximum Gasteiger partial charge on any atom is 0.0964 e. The zero-order valence-corrected chi connectivity index (χ0v) is 10.4. The van der Waals surface area contributed by atoms with Crippen LogP contribution in [-0.2, 0) is 17.8 Å². The first-order chi connectivity index (χ1) is 7.72. The van der Waals surface area contributed by atoms with Crippen molar-refractivity contribution < 1.29 is 4.74 Å². The van der Waals surface area contributed by atoms with E-state index >= 15 is 0 Å². The molecule has 16 heavy (non-hydrogen) atoms. The van der Waals surface area contributed by atoms with Crippen LogP contribution in [0.2, 0.25) is 0 Å². The fourth-order valence-electron chi connectivity index (χ4n) is 1.30. The monoisotopic (exact) mass is 226 g/mol. The van der Waals surface area contributed by atoms with Gasteiger partial charge < -0.3 is 10.1 Å². The molecule has 0 atom stereocenters. The number of hydrogen-bond acceptors (Lipinski definition) is 4. The Morgan fingerprint density at radius 1 is 1.50 bits per heavy atom. The van der Waals surface area contributed by atoms with Crippen molar-refractivity contribution in [2.75, 3.05) is 13.2 Å². The Hall–Kier alpha value is -0.940. The van der Waals surface area contributed by atoms with Gasteiger partial charge in [-0.15, -0.1) is 5.10 Å². The zero-order valence-electron chi connectivity index (χ0n) is 10.4. The third-order valence-electron chi connectivity index (χ3n) is 2.09. The number of hydrogen-bond donors (Lipinski definition) is 1. The van der Waals surface area contributed by atoms with Crippen LogP contribution in [0.4, 0.5) is 0 Å². The predicted molar refractivity (Wildman–Crippen MR) is 63.1 cm³/mol. The average Bonchev–Trinajstić information content (AvgIpc) is 2.66. The fourth-order valence-corrected chi connectivity index (χ4v) is 1.30. The molecule has 0 fully saturated rings. The van der Waals surface area contributed by atoms with Crippen LogP contribution < -0.4 is 5.32 Å². The third-order valence-corrected chi connectivity index (χ3v) is 2.09. The Kier molecular flexibility index (Phi) is 6.03. The van der Waals surface area contributed by atoms with E-state index in [4.69, 9.17) is 4.74 Å². The largest absolute Gasteiger partial charge is 0.377 e.